The molecule has 5 heterocycles. The van der Waals surface area contributed by atoms with Crippen LogP contribution in [0.1, 0.15) is 33.9 Å². The van der Waals surface area contributed by atoms with Gasteiger partial charge in [-0.15, -0.1) is 0 Å². The highest BCUT2D eigenvalue weighted by atomic mass is 32.2. The molecule has 1 N–H and O–H groups in total. The predicted octanol–water partition coefficient (Wildman–Crippen LogP) is 2.52. The lowest BCUT2D eigenvalue weighted by Gasteiger charge is -2.26. The molecule has 35 heavy (non-hydrogen) atoms. The quantitative estimate of drug-likeness (QED) is 0.506. The number of nitrogens with zero attached hydrogens (tertiary/aromatic N) is 7. The zero-order valence-electron chi connectivity index (χ0n) is 20.9. The number of anilines is 1. The Hall–Kier alpha value is -2.82. The Morgan fingerprint density at radius 3 is 2.94 bits per heavy atom. The van der Waals surface area contributed by atoms with Crippen LogP contribution in [0.5, 0.6) is 0 Å². The van der Waals surface area contributed by atoms with E-state index in [0.717, 1.165) is 61.1 Å². The first-order valence-electron chi connectivity index (χ1n) is 12.1. The number of pyridine rings is 1. The minimum absolute atomic E-state index is 0.0680. The molecule has 1 amide bonds. The summed E-state index contributed by atoms with van der Waals surface area (Å²) in [7, 11) is 6.21. The van der Waals surface area contributed by atoms with Crippen molar-refractivity contribution in [3.05, 3.63) is 59.6 Å². The highest BCUT2D eigenvalue weighted by molar-refractivity contribution is 7.97. The third-order valence-electron chi connectivity index (χ3n) is 7.18. The van der Waals surface area contributed by atoms with Crippen LogP contribution in [0, 0.1) is 6.92 Å². The van der Waals surface area contributed by atoms with Crippen LogP contribution in [0.4, 0.5) is 5.82 Å². The Morgan fingerprint density at radius 2 is 2.14 bits per heavy atom. The van der Waals surface area contributed by atoms with Gasteiger partial charge in [0.05, 0.1) is 18.6 Å². The lowest BCUT2D eigenvalue weighted by atomic mass is 10.2. The first-order chi connectivity index (χ1) is 16.9. The standard InChI is InChI=1S/C25H34N8OS/c1-18-23(35-33-11-10-32-17-26-14-21(32)16-33)12-22(30(18)4)25(34)28-13-19-6-5-8-27-24(19)31-9-7-20(15-31)29(2)3/h5-6,8,12,14,17,20H,7,9-11,13,15-16H2,1-4H3,(H,28,34). The van der Waals surface area contributed by atoms with Crippen molar-refractivity contribution >= 4 is 23.7 Å². The molecule has 1 unspecified atom stereocenters. The zero-order valence-corrected chi connectivity index (χ0v) is 21.8. The molecule has 186 valence electrons. The van der Waals surface area contributed by atoms with Gasteiger partial charge in [0.1, 0.15) is 11.5 Å². The molecule has 2 aliphatic rings. The molecule has 1 atom stereocenters. The van der Waals surface area contributed by atoms with Gasteiger partial charge in [0.2, 0.25) is 0 Å². The van der Waals surface area contributed by atoms with Gasteiger partial charge in [-0.1, -0.05) is 6.07 Å². The molecule has 1 fully saturated rings. The lowest BCUT2D eigenvalue weighted by Crippen LogP contribution is -2.32. The van der Waals surface area contributed by atoms with Gasteiger partial charge in [0.25, 0.3) is 5.91 Å². The normalized spacial score (nSPS) is 18.3. The van der Waals surface area contributed by atoms with Crippen LogP contribution >= 0.6 is 11.9 Å². The third kappa shape index (κ3) is 4.96. The molecular weight excluding hydrogens is 460 g/mol. The maximum absolute atomic E-state index is 13.2. The highest BCUT2D eigenvalue weighted by Gasteiger charge is 2.27. The van der Waals surface area contributed by atoms with Crippen molar-refractivity contribution in [1.29, 1.82) is 0 Å². The average molecular weight is 495 g/mol. The Kier molecular flexibility index (Phi) is 6.86. The highest BCUT2D eigenvalue weighted by Crippen LogP contribution is 2.31. The monoisotopic (exact) mass is 494 g/mol. The number of rotatable bonds is 7. The Balaban J connectivity index is 1.24. The van der Waals surface area contributed by atoms with Crippen LogP contribution in [-0.4, -0.2) is 74.0 Å². The minimum Gasteiger partial charge on any atom is -0.355 e. The van der Waals surface area contributed by atoms with Gasteiger partial charge in [-0.3, -0.25) is 4.79 Å². The van der Waals surface area contributed by atoms with Crippen molar-refractivity contribution in [1.82, 2.24) is 33.6 Å². The van der Waals surface area contributed by atoms with Crippen molar-refractivity contribution < 1.29 is 4.79 Å². The largest absolute Gasteiger partial charge is 0.355 e. The molecule has 0 bridgehead atoms. The molecule has 0 spiro atoms. The van der Waals surface area contributed by atoms with Crippen LogP contribution < -0.4 is 10.2 Å². The Bertz CT molecular complexity index is 1200. The number of carbonyl (C=O) groups excluding carboxylic acids is 1. The SMILES string of the molecule is Cc1c(SN2CCn3cncc3C2)cc(C(=O)NCc2cccnc2N2CCC(N(C)C)C2)n1C. The second-order valence-electron chi connectivity index (χ2n) is 9.59. The van der Waals surface area contributed by atoms with Crippen molar-refractivity contribution in [3.8, 4) is 0 Å². The van der Waals surface area contributed by atoms with Crippen LogP contribution in [0.3, 0.4) is 0 Å². The molecule has 1 saturated heterocycles. The molecule has 0 radical (unpaired) electrons. The maximum Gasteiger partial charge on any atom is 0.268 e. The number of imidazole rings is 1. The Morgan fingerprint density at radius 1 is 1.29 bits per heavy atom. The number of carbonyl (C=O) groups is 1. The molecular formula is C25H34N8OS. The van der Waals surface area contributed by atoms with E-state index in [9.17, 15) is 4.79 Å². The molecule has 2 aliphatic heterocycles. The van der Waals surface area contributed by atoms with Gasteiger partial charge in [-0.05, 0) is 51.5 Å². The van der Waals surface area contributed by atoms with E-state index in [2.05, 4.69) is 61.0 Å². The van der Waals surface area contributed by atoms with E-state index < -0.39 is 0 Å². The zero-order chi connectivity index (χ0) is 24.5. The predicted molar refractivity (Wildman–Crippen MR) is 138 cm³/mol. The van der Waals surface area contributed by atoms with Crippen LogP contribution in [-0.2, 0) is 26.7 Å². The summed E-state index contributed by atoms with van der Waals surface area (Å²) in [6, 6.07) is 6.54. The van der Waals surface area contributed by atoms with E-state index >= 15 is 0 Å². The second-order valence-corrected chi connectivity index (χ2v) is 10.7. The number of nitrogens with one attached hydrogen (secondary N) is 1. The fraction of sp³-hybridized carbons (Fsp3) is 0.480. The van der Waals surface area contributed by atoms with Crippen LogP contribution in [0.15, 0.2) is 41.8 Å². The molecule has 3 aromatic heterocycles. The second kappa shape index (κ2) is 10.0. The van der Waals surface area contributed by atoms with E-state index in [-0.39, 0.29) is 5.91 Å². The summed E-state index contributed by atoms with van der Waals surface area (Å²) in [4.78, 5) is 27.8. The minimum atomic E-state index is -0.0680. The van der Waals surface area contributed by atoms with Crippen molar-refractivity contribution in [3.63, 3.8) is 0 Å². The topological polar surface area (TPSA) is 74.5 Å². The van der Waals surface area contributed by atoms with Crippen LogP contribution in [0.25, 0.3) is 0 Å². The van der Waals surface area contributed by atoms with Gasteiger partial charge in [-0.25, -0.2) is 14.3 Å². The summed E-state index contributed by atoms with van der Waals surface area (Å²) in [5.74, 6) is 0.905. The summed E-state index contributed by atoms with van der Waals surface area (Å²) < 4.78 is 6.52. The summed E-state index contributed by atoms with van der Waals surface area (Å²) >= 11 is 1.72. The number of hydrogen-bond donors (Lipinski definition) is 1. The maximum atomic E-state index is 13.2. The van der Waals surface area contributed by atoms with E-state index in [4.69, 9.17) is 0 Å². The number of likely N-dealkylation sites (N-methyl/N-ethyl adjacent to an activating group) is 1. The van der Waals surface area contributed by atoms with Crippen LogP contribution in [0.2, 0.25) is 0 Å². The molecule has 5 rings (SSSR count). The molecule has 10 heteroatoms. The van der Waals surface area contributed by atoms with Crippen molar-refractivity contribution in [2.24, 2.45) is 7.05 Å². The number of hydrogen-bond acceptors (Lipinski definition) is 7. The molecule has 3 aromatic rings. The van der Waals surface area contributed by atoms with E-state index in [1.165, 1.54) is 5.69 Å². The van der Waals surface area contributed by atoms with Crippen molar-refractivity contribution in [2.45, 2.75) is 43.9 Å². The number of amides is 1. The summed E-state index contributed by atoms with van der Waals surface area (Å²) in [5.41, 5.74) is 4.03. The number of fused-ring (bicyclic) bond motifs is 1. The fourth-order valence-electron chi connectivity index (χ4n) is 4.83. The van der Waals surface area contributed by atoms with E-state index in [1.54, 1.807) is 11.9 Å². The smallest absolute Gasteiger partial charge is 0.268 e. The van der Waals surface area contributed by atoms with E-state index in [1.807, 2.05) is 42.5 Å². The Labute approximate surface area is 211 Å². The average Bonchev–Trinajstić information content (AvgIpc) is 3.59. The summed E-state index contributed by atoms with van der Waals surface area (Å²) in [6.45, 7) is 7.18. The number of aromatic nitrogens is 4. The fourth-order valence-corrected chi connectivity index (χ4v) is 5.91. The van der Waals surface area contributed by atoms with Gasteiger partial charge in [0.15, 0.2) is 0 Å². The molecule has 0 saturated carbocycles. The molecule has 9 nitrogen and oxygen atoms in total. The summed E-state index contributed by atoms with van der Waals surface area (Å²) in [6.07, 6.45) is 6.78. The van der Waals surface area contributed by atoms with Gasteiger partial charge < -0.3 is 24.3 Å². The molecule has 0 aromatic carbocycles. The molecule has 0 aliphatic carbocycles. The first-order valence-corrected chi connectivity index (χ1v) is 12.9. The van der Waals surface area contributed by atoms with Crippen molar-refractivity contribution in [2.75, 3.05) is 38.6 Å². The van der Waals surface area contributed by atoms with E-state index in [0.29, 0.717) is 18.3 Å². The van der Waals surface area contributed by atoms with Gasteiger partial charge >= 0.3 is 0 Å². The lowest BCUT2D eigenvalue weighted by molar-refractivity contribution is 0.0942. The van der Waals surface area contributed by atoms with Gasteiger partial charge in [0, 0.05) is 74.4 Å². The first kappa shape index (κ1) is 23.9. The summed E-state index contributed by atoms with van der Waals surface area (Å²) in [5, 5.41) is 3.14. The third-order valence-corrected chi connectivity index (χ3v) is 8.36. The van der Waals surface area contributed by atoms with Gasteiger partial charge in [-0.2, -0.15) is 0 Å².